The number of hydrogen-bond acceptors (Lipinski definition) is 3. The van der Waals surface area contributed by atoms with Crippen LogP contribution in [0.5, 0.6) is 0 Å². The summed E-state index contributed by atoms with van der Waals surface area (Å²) < 4.78 is 0. The van der Waals surface area contributed by atoms with Crippen LogP contribution in [0.2, 0.25) is 0 Å². The molecule has 2 N–H and O–H groups in total. The van der Waals surface area contributed by atoms with Crippen molar-refractivity contribution in [2.45, 2.75) is 123 Å². The Hall–Kier alpha value is -0.700. The van der Waals surface area contributed by atoms with Crippen molar-refractivity contribution < 1.29 is 0 Å². The van der Waals surface area contributed by atoms with Crippen LogP contribution >= 0.6 is 0 Å². The fraction of sp³-hybridized carbons (Fsp3) is 0.905. The van der Waals surface area contributed by atoms with E-state index in [4.69, 9.17) is 0 Å². The van der Waals surface area contributed by atoms with Crippen molar-refractivity contribution in [3.05, 3.63) is 12.4 Å². The molecule has 3 nitrogen and oxygen atoms in total. The highest BCUT2D eigenvalue weighted by Crippen LogP contribution is 2.15. The highest BCUT2D eigenvalue weighted by atomic mass is 15.7. The molecule has 0 spiro atoms. The number of nitrogens with zero attached hydrogens (tertiary/aromatic N) is 1. The van der Waals surface area contributed by atoms with E-state index in [0.29, 0.717) is 6.04 Å². The van der Waals surface area contributed by atoms with Gasteiger partial charge in [0.2, 0.25) is 0 Å². The van der Waals surface area contributed by atoms with Crippen molar-refractivity contribution in [3.8, 4) is 0 Å². The van der Waals surface area contributed by atoms with Gasteiger partial charge < -0.3 is 5.43 Å². The summed E-state index contributed by atoms with van der Waals surface area (Å²) in [7, 11) is 0. The van der Waals surface area contributed by atoms with Crippen LogP contribution in [0.3, 0.4) is 0 Å². The van der Waals surface area contributed by atoms with E-state index in [2.05, 4.69) is 36.0 Å². The first kappa shape index (κ1) is 21.3. The lowest BCUT2D eigenvalue weighted by molar-refractivity contribution is 0.196. The molecular formula is C21H43N3. The fourth-order valence-electron chi connectivity index (χ4n) is 3.47. The second-order valence-corrected chi connectivity index (χ2v) is 7.57. The maximum Gasteiger partial charge on any atom is 0.0438 e. The molecule has 0 aromatic heterocycles. The van der Waals surface area contributed by atoms with Gasteiger partial charge >= 0.3 is 0 Å². The van der Waals surface area contributed by atoms with Crippen LogP contribution in [-0.4, -0.2) is 11.1 Å². The van der Waals surface area contributed by atoms with E-state index in [1.807, 2.05) is 6.20 Å². The number of hydrazine groups is 2. The van der Waals surface area contributed by atoms with Gasteiger partial charge in [-0.2, -0.15) is 0 Å². The van der Waals surface area contributed by atoms with Gasteiger partial charge in [0, 0.05) is 18.4 Å². The van der Waals surface area contributed by atoms with Crippen molar-refractivity contribution in [3.63, 3.8) is 0 Å². The molecule has 0 saturated heterocycles. The molecule has 0 radical (unpaired) electrons. The molecule has 0 fully saturated rings. The third kappa shape index (κ3) is 11.8. The summed E-state index contributed by atoms with van der Waals surface area (Å²) in [4.78, 5) is 0. The summed E-state index contributed by atoms with van der Waals surface area (Å²) >= 11 is 0. The summed E-state index contributed by atoms with van der Waals surface area (Å²) in [5.74, 6) is 0. The van der Waals surface area contributed by atoms with Crippen LogP contribution in [0.15, 0.2) is 12.4 Å². The van der Waals surface area contributed by atoms with Gasteiger partial charge in [-0.15, -0.1) is 5.53 Å². The molecule has 0 bridgehead atoms. The average Bonchev–Trinajstić information content (AvgIpc) is 3.13. The molecule has 24 heavy (non-hydrogen) atoms. The quantitative estimate of drug-likeness (QED) is 0.299. The predicted molar refractivity (Wildman–Crippen MR) is 106 cm³/mol. The molecule has 142 valence electrons. The lowest BCUT2D eigenvalue weighted by Crippen LogP contribution is -2.41. The van der Waals surface area contributed by atoms with E-state index < -0.39 is 0 Å². The molecule has 1 aliphatic heterocycles. The average molecular weight is 338 g/mol. The highest BCUT2D eigenvalue weighted by Gasteiger charge is 2.11. The Kier molecular flexibility index (Phi) is 14.1. The Bertz CT molecular complexity index is 291. The Labute approximate surface area is 151 Å². The van der Waals surface area contributed by atoms with Crippen LogP contribution < -0.4 is 11.0 Å². The van der Waals surface area contributed by atoms with Crippen LogP contribution in [0.4, 0.5) is 0 Å². The first-order valence-electron chi connectivity index (χ1n) is 10.8. The molecule has 1 rings (SSSR count). The topological polar surface area (TPSA) is 27.3 Å². The fourth-order valence-corrected chi connectivity index (χ4v) is 3.47. The minimum Gasteiger partial charge on any atom is -0.310 e. The van der Waals surface area contributed by atoms with E-state index in [1.54, 1.807) is 0 Å². The first-order valence-corrected chi connectivity index (χ1v) is 10.8. The summed E-state index contributed by atoms with van der Waals surface area (Å²) in [6.45, 7) is 4.58. The van der Waals surface area contributed by atoms with Gasteiger partial charge in [-0.1, -0.05) is 103 Å². The maximum absolute atomic E-state index is 3.13. The lowest BCUT2D eigenvalue weighted by Gasteiger charge is -2.23. The van der Waals surface area contributed by atoms with Crippen molar-refractivity contribution in [2.75, 3.05) is 0 Å². The summed E-state index contributed by atoms with van der Waals surface area (Å²) in [5, 5.41) is 2.16. The monoisotopic (exact) mass is 337 g/mol. The molecule has 0 aromatic carbocycles. The third-order valence-corrected chi connectivity index (χ3v) is 5.21. The van der Waals surface area contributed by atoms with Crippen molar-refractivity contribution in [2.24, 2.45) is 0 Å². The maximum atomic E-state index is 3.13. The van der Waals surface area contributed by atoms with E-state index in [-0.39, 0.29) is 0 Å². The molecule has 1 aliphatic rings. The largest absolute Gasteiger partial charge is 0.310 e. The highest BCUT2D eigenvalue weighted by molar-refractivity contribution is 4.85. The Morgan fingerprint density at radius 1 is 0.708 bits per heavy atom. The predicted octanol–water partition coefficient (Wildman–Crippen LogP) is 6.43. The minimum absolute atomic E-state index is 0.582. The molecular weight excluding hydrogens is 294 g/mol. The molecule has 1 atom stereocenters. The van der Waals surface area contributed by atoms with Gasteiger partial charge in [0.1, 0.15) is 0 Å². The van der Waals surface area contributed by atoms with Gasteiger partial charge in [0.25, 0.3) is 0 Å². The number of hydrogen-bond donors (Lipinski definition) is 2. The smallest absolute Gasteiger partial charge is 0.0438 e. The molecule has 0 saturated carbocycles. The van der Waals surface area contributed by atoms with Gasteiger partial charge in [0.15, 0.2) is 0 Å². The van der Waals surface area contributed by atoms with Crippen molar-refractivity contribution in [1.29, 1.82) is 0 Å². The van der Waals surface area contributed by atoms with Crippen LogP contribution in [-0.2, 0) is 0 Å². The van der Waals surface area contributed by atoms with Gasteiger partial charge in [-0.25, -0.2) is 0 Å². The Balaban J connectivity index is 1.71. The van der Waals surface area contributed by atoms with Gasteiger partial charge in [-0.05, 0) is 13.3 Å². The number of nitrogens with one attached hydrogen (secondary N) is 2. The van der Waals surface area contributed by atoms with E-state index in [9.17, 15) is 0 Å². The van der Waals surface area contributed by atoms with E-state index >= 15 is 0 Å². The lowest BCUT2D eigenvalue weighted by atomic mass is 10.0. The Morgan fingerprint density at radius 2 is 1.17 bits per heavy atom. The molecule has 3 heteroatoms. The van der Waals surface area contributed by atoms with Crippen LogP contribution in [0.25, 0.3) is 0 Å². The van der Waals surface area contributed by atoms with Gasteiger partial charge in [-0.3, -0.25) is 5.01 Å². The molecule has 1 heterocycles. The Morgan fingerprint density at radius 3 is 1.58 bits per heavy atom. The number of unbranched alkanes of at least 4 members (excludes halogenated alkanes) is 14. The molecule has 0 aliphatic carbocycles. The second kappa shape index (κ2) is 15.8. The molecule has 1 unspecified atom stereocenters. The molecule has 0 aromatic rings. The third-order valence-electron chi connectivity index (χ3n) is 5.21. The first-order chi connectivity index (χ1) is 11.8. The van der Waals surface area contributed by atoms with Gasteiger partial charge in [0.05, 0.1) is 0 Å². The zero-order chi connectivity index (χ0) is 17.3. The molecule has 0 amide bonds. The van der Waals surface area contributed by atoms with Crippen molar-refractivity contribution >= 4 is 0 Å². The van der Waals surface area contributed by atoms with Crippen LogP contribution in [0.1, 0.15) is 117 Å². The normalized spacial score (nSPS) is 15.0. The van der Waals surface area contributed by atoms with E-state index in [0.717, 1.165) is 0 Å². The SMILES string of the molecule is CCCCCCCCCCCCCCCCCC(C)N1C=CNN1. The number of rotatable bonds is 17. The summed E-state index contributed by atoms with van der Waals surface area (Å²) in [6.07, 6.45) is 26.9. The second-order valence-electron chi connectivity index (χ2n) is 7.57. The summed E-state index contributed by atoms with van der Waals surface area (Å²) in [6, 6.07) is 0.582. The summed E-state index contributed by atoms with van der Waals surface area (Å²) in [5.41, 5.74) is 6.13. The van der Waals surface area contributed by atoms with Crippen LogP contribution in [0, 0.1) is 0 Å². The van der Waals surface area contributed by atoms with E-state index in [1.165, 1.54) is 103 Å². The minimum atomic E-state index is 0.582. The zero-order valence-corrected chi connectivity index (χ0v) is 16.5. The zero-order valence-electron chi connectivity index (χ0n) is 16.5. The van der Waals surface area contributed by atoms with Crippen molar-refractivity contribution in [1.82, 2.24) is 16.0 Å². The standard InChI is InChI=1S/C21H43N3/c1-3-4-5-6-7-8-9-10-11-12-13-14-15-16-17-18-21(2)24-20-19-22-23-24/h19-23H,3-18H2,1-2H3.